The van der Waals surface area contributed by atoms with Crippen LogP contribution in [0.15, 0.2) is 146 Å². The first-order chi connectivity index (χ1) is 26.6. The van der Waals surface area contributed by atoms with Crippen LogP contribution in [-0.4, -0.2) is 24.2 Å². The summed E-state index contributed by atoms with van der Waals surface area (Å²) >= 11 is 0. The van der Waals surface area contributed by atoms with Gasteiger partial charge >= 0.3 is 0 Å². The fourth-order valence-electron chi connectivity index (χ4n) is 8.06. The number of hydrogen-bond acceptors (Lipinski definition) is 3. The molecule has 0 radical (unpaired) electrons. The summed E-state index contributed by atoms with van der Waals surface area (Å²) in [5, 5.41) is 21.6. The number of anilines is 6. The second-order valence-electron chi connectivity index (χ2n) is 18.3. The van der Waals surface area contributed by atoms with Gasteiger partial charge in [0, 0.05) is 33.5 Å². The van der Waals surface area contributed by atoms with Crippen LogP contribution in [-0.2, 0) is 0 Å². The van der Waals surface area contributed by atoms with E-state index in [4.69, 9.17) is 0 Å². The zero-order valence-corrected chi connectivity index (χ0v) is 37.2. The third-order valence-electron chi connectivity index (χ3n) is 11.3. The van der Waals surface area contributed by atoms with Crippen LogP contribution >= 0.6 is 0 Å². The second kappa shape index (κ2) is 13.9. The van der Waals surface area contributed by atoms with Crippen LogP contribution in [0.3, 0.4) is 0 Å². The predicted octanol–water partition coefficient (Wildman–Crippen LogP) is 13.0. The molecule has 8 rings (SSSR count). The lowest BCUT2D eigenvalue weighted by Gasteiger charge is -2.31. The molecule has 0 spiro atoms. The zero-order chi connectivity index (χ0) is 39.6. The molecule has 0 unspecified atom stereocenters. The molecular weight excluding hydrogens is 727 g/mol. The van der Waals surface area contributed by atoms with Gasteiger partial charge in [-0.15, -0.1) is 0 Å². The number of benzene rings is 8. The van der Waals surface area contributed by atoms with E-state index in [2.05, 4.69) is 202 Å². The van der Waals surface area contributed by atoms with Crippen molar-refractivity contribution in [3.8, 4) is 6.07 Å². The van der Waals surface area contributed by atoms with Crippen molar-refractivity contribution in [2.24, 2.45) is 0 Å². The summed E-state index contributed by atoms with van der Waals surface area (Å²) < 4.78 is 0. The quantitative estimate of drug-likeness (QED) is 0.108. The van der Waals surface area contributed by atoms with E-state index in [-0.39, 0.29) is 0 Å². The number of rotatable bonds is 9. The van der Waals surface area contributed by atoms with Gasteiger partial charge in [-0.1, -0.05) is 153 Å². The summed E-state index contributed by atoms with van der Waals surface area (Å²) in [6.45, 7) is 21.7. The van der Waals surface area contributed by atoms with Crippen molar-refractivity contribution in [2.75, 3.05) is 9.80 Å². The van der Waals surface area contributed by atoms with Crippen molar-refractivity contribution in [1.29, 1.82) is 5.26 Å². The maximum atomic E-state index is 9.97. The van der Waals surface area contributed by atoms with Gasteiger partial charge in [0.25, 0.3) is 0 Å². The Morgan fingerprint density at radius 1 is 0.393 bits per heavy atom. The molecule has 6 heteroatoms. The highest BCUT2D eigenvalue weighted by molar-refractivity contribution is 6.89. The van der Waals surface area contributed by atoms with Gasteiger partial charge in [-0.25, -0.2) is 0 Å². The number of hydrogen-bond donors (Lipinski definition) is 0. The van der Waals surface area contributed by atoms with E-state index < -0.39 is 24.2 Å². The van der Waals surface area contributed by atoms with Gasteiger partial charge < -0.3 is 9.80 Å². The monoisotopic (exact) mass is 777 g/mol. The fourth-order valence-corrected chi connectivity index (χ4v) is 11.6. The largest absolute Gasteiger partial charge is 0.310 e. The molecule has 0 N–H and O–H groups in total. The highest BCUT2D eigenvalue weighted by Crippen LogP contribution is 2.47. The SMILES string of the molecule is C[Si](C)(C)c1ccc(N(c2cccc([Si](C)(C)C)c2)c2ccc3ccc4c(N(c5cccc(C#N)c5)c5cccc([Si](C)(C)C)c5)ccc5ccc2c3c54)cc1. The first-order valence-corrected chi connectivity index (χ1v) is 30.2. The third-order valence-corrected chi connectivity index (χ3v) is 17.4. The summed E-state index contributed by atoms with van der Waals surface area (Å²) in [6, 6.07) is 56.4. The van der Waals surface area contributed by atoms with Crippen molar-refractivity contribution in [3.63, 3.8) is 0 Å². The molecule has 56 heavy (non-hydrogen) atoms. The van der Waals surface area contributed by atoms with E-state index >= 15 is 0 Å². The Labute approximate surface area is 335 Å². The van der Waals surface area contributed by atoms with Crippen LogP contribution in [0.25, 0.3) is 32.3 Å². The Balaban J connectivity index is 1.40. The maximum Gasteiger partial charge on any atom is 0.0992 e. The number of nitriles is 1. The average molecular weight is 778 g/mol. The highest BCUT2D eigenvalue weighted by Gasteiger charge is 2.25. The maximum absolute atomic E-state index is 9.97. The lowest BCUT2D eigenvalue weighted by molar-refractivity contribution is 1.29. The summed E-state index contributed by atoms with van der Waals surface area (Å²) in [5.74, 6) is 0. The summed E-state index contributed by atoms with van der Waals surface area (Å²) in [7, 11) is -4.69. The van der Waals surface area contributed by atoms with Crippen molar-refractivity contribution >= 4 is 106 Å². The molecule has 0 aliphatic rings. The van der Waals surface area contributed by atoms with E-state index in [0.29, 0.717) is 5.56 Å². The van der Waals surface area contributed by atoms with Crippen molar-refractivity contribution in [1.82, 2.24) is 0 Å². The molecule has 0 aliphatic carbocycles. The first-order valence-electron chi connectivity index (χ1n) is 19.7. The van der Waals surface area contributed by atoms with Crippen LogP contribution < -0.4 is 25.4 Å². The fraction of sp³-hybridized carbons (Fsp3) is 0.180. The molecule has 0 atom stereocenters. The van der Waals surface area contributed by atoms with E-state index in [9.17, 15) is 5.26 Å². The van der Waals surface area contributed by atoms with Gasteiger partial charge in [-0.05, 0) is 88.3 Å². The predicted molar refractivity (Wildman–Crippen MR) is 253 cm³/mol. The topological polar surface area (TPSA) is 30.3 Å². The average Bonchev–Trinajstić information content (AvgIpc) is 3.17. The van der Waals surface area contributed by atoms with E-state index in [1.54, 1.807) is 0 Å². The molecule has 278 valence electrons. The molecule has 0 bridgehead atoms. The van der Waals surface area contributed by atoms with Crippen molar-refractivity contribution in [2.45, 2.75) is 58.9 Å². The van der Waals surface area contributed by atoms with Gasteiger partial charge in [0.15, 0.2) is 0 Å². The normalized spacial score (nSPS) is 12.4. The standard InChI is InChI=1S/C50H51N3Si3/c1-54(2,3)42-25-23-38(24-26-42)52(40-15-11-17-43(32-40)55(4,5)6)47-29-21-36-20-28-46-48(30-22-37-19-27-45(47)49(36)50(37)46)53(39-14-10-13-35(31-39)34-51)41-16-12-18-44(33-41)56(7,8)9/h10-33H,1-9H3. The van der Waals surface area contributed by atoms with E-state index in [1.807, 2.05) is 18.2 Å². The van der Waals surface area contributed by atoms with Crippen molar-refractivity contribution < 1.29 is 0 Å². The molecular formula is C50H51N3Si3. The molecule has 8 aromatic carbocycles. The molecule has 0 saturated heterocycles. The second-order valence-corrected chi connectivity index (χ2v) is 33.6. The Morgan fingerprint density at radius 3 is 1.25 bits per heavy atom. The van der Waals surface area contributed by atoms with Crippen LogP contribution in [0.1, 0.15) is 5.56 Å². The Kier molecular flexibility index (Phi) is 9.32. The molecule has 0 aliphatic heterocycles. The smallest absolute Gasteiger partial charge is 0.0992 e. The lowest BCUT2D eigenvalue weighted by atomic mass is 9.91. The summed E-state index contributed by atoms with van der Waals surface area (Å²) in [6.07, 6.45) is 0. The number of nitrogens with zero attached hydrogens (tertiary/aromatic N) is 3. The molecule has 0 aromatic heterocycles. The van der Waals surface area contributed by atoms with Crippen LogP contribution in [0, 0.1) is 11.3 Å². The van der Waals surface area contributed by atoms with Gasteiger partial charge in [0.2, 0.25) is 0 Å². The van der Waals surface area contributed by atoms with Crippen LogP contribution in [0.4, 0.5) is 34.1 Å². The first kappa shape index (κ1) is 37.5. The molecule has 0 amide bonds. The van der Waals surface area contributed by atoms with Gasteiger partial charge in [-0.3, -0.25) is 0 Å². The van der Waals surface area contributed by atoms with Gasteiger partial charge in [0.05, 0.1) is 47.2 Å². The minimum Gasteiger partial charge on any atom is -0.310 e. The summed E-state index contributed by atoms with van der Waals surface area (Å²) in [4.78, 5) is 4.83. The molecule has 0 saturated carbocycles. The Morgan fingerprint density at radius 2 is 0.804 bits per heavy atom. The van der Waals surface area contributed by atoms with Crippen LogP contribution in [0.5, 0.6) is 0 Å². The van der Waals surface area contributed by atoms with Crippen LogP contribution in [0.2, 0.25) is 58.9 Å². The van der Waals surface area contributed by atoms with Gasteiger partial charge in [-0.2, -0.15) is 5.26 Å². The molecule has 0 fully saturated rings. The van der Waals surface area contributed by atoms with Gasteiger partial charge in [0.1, 0.15) is 0 Å². The summed E-state index contributed by atoms with van der Waals surface area (Å²) in [5.41, 5.74) is 7.35. The van der Waals surface area contributed by atoms with E-state index in [0.717, 1.165) is 17.1 Å². The van der Waals surface area contributed by atoms with Crippen molar-refractivity contribution in [3.05, 3.63) is 151 Å². The molecule has 3 nitrogen and oxygen atoms in total. The lowest BCUT2D eigenvalue weighted by Crippen LogP contribution is -2.38. The minimum absolute atomic E-state index is 0.646. The molecule has 0 heterocycles. The molecule has 8 aromatic rings. The Bertz CT molecular complexity index is 2780. The van der Waals surface area contributed by atoms with E-state index in [1.165, 1.54) is 64.9 Å². The zero-order valence-electron chi connectivity index (χ0n) is 34.2. The Hall–Kier alpha value is -5.46. The minimum atomic E-state index is -1.62. The third kappa shape index (κ3) is 6.85. The highest BCUT2D eigenvalue weighted by atomic mass is 28.3.